The van der Waals surface area contributed by atoms with Crippen molar-refractivity contribution in [3.05, 3.63) is 71.9 Å². The summed E-state index contributed by atoms with van der Waals surface area (Å²) in [6.07, 6.45) is 4.95. The van der Waals surface area contributed by atoms with Gasteiger partial charge in [0.25, 0.3) is 0 Å². The summed E-state index contributed by atoms with van der Waals surface area (Å²) in [6, 6.07) is 16.0. The second kappa shape index (κ2) is 6.25. The lowest BCUT2D eigenvalue weighted by atomic mass is 10.0. The first-order valence-corrected chi connectivity index (χ1v) is 8.83. The minimum absolute atomic E-state index is 0.0725. The molecule has 6 heteroatoms. The third-order valence-corrected chi connectivity index (χ3v) is 4.82. The van der Waals surface area contributed by atoms with Crippen LogP contribution in [0.15, 0.2) is 60.8 Å². The smallest absolute Gasteiger partial charge is 0.228 e. The monoisotopic (exact) mass is 355 g/mol. The van der Waals surface area contributed by atoms with E-state index >= 15 is 0 Å². The second-order valence-electron chi connectivity index (χ2n) is 6.58. The van der Waals surface area contributed by atoms with Gasteiger partial charge in [-0.2, -0.15) is 5.10 Å². The Hall–Kier alpha value is -3.67. The van der Waals surface area contributed by atoms with Crippen LogP contribution in [0, 0.1) is 0 Å². The lowest BCUT2D eigenvalue weighted by Crippen LogP contribution is -2.12. The number of aromatic amines is 2. The zero-order chi connectivity index (χ0) is 18.2. The molecular weight excluding hydrogens is 338 g/mol. The van der Waals surface area contributed by atoms with Crippen LogP contribution in [0.25, 0.3) is 28.1 Å². The molecule has 1 aliphatic rings. The van der Waals surface area contributed by atoms with Gasteiger partial charge in [-0.1, -0.05) is 42.5 Å². The van der Waals surface area contributed by atoms with Crippen molar-refractivity contribution < 1.29 is 4.79 Å². The molecule has 2 aromatic carbocycles. The maximum absolute atomic E-state index is 12.6. The fraction of sp³-hybridized carbons (Fsp3) is 0.0952. The molecule has 27 heavy (non-hydrogen) atoms. The van der Waals surface area contributed by atoms with Gasteiger partial charge in [0.15, 0.2) is 5.82 Å². The lowest BCUT2D eigenvalue weighted by Gasteiger charge is -2.07. The van der Waals surface area contributed by atoms with E-state index in [1.54, 1.807) is 6.20 Å². The largest absolute Gasteiger partial charge is 0.337 e. The Morgan fingerprint density at radius 2 is 1.96 bits per heavy atom. The Kier molecular flexibility index (Phi) is 3.60. The van der Waals surface area contributed by atoms with E-state index in [2.05, 4.69) is 43.7 Å². The van der Waals surface area contributed by atoms with Crippen LogP contribution < -0.4 is 5.32 Å². The molecule has 1 aliphatic carbocycles. The molecule has 0 aliphatic heterocycles. The van der Waals surface area contributed by atoms with E-state index in [0.717, 1.165) is 28.6 Å². The highest BCUT2D eigenvalue weighted by Gasteiger charge is 2.18. The number of benzene rings is 2. The molecule has 4 aromatic rings. The molecule has 2 aromatic heterocycles. The van der Waals surface area contributed by atoms with Crippen molar-refractivity contribution in [3.8, 4) is 11.5 Å². The summed E-state index contributed by atoms with van der Waals surface area (Å²) in [7, 11) is 0. The summed E-state index contributed by atoms with van der Waals surface area (Å²) in [5.74, 6) is 0.575. The molecule has 0 saturated carbocycles. The van der Waals surface area contributed by atoms with E-state index in [4.69, 9.17) is 0 Å². The van der Waals surface area contributed by atoms with Crippen LogP contribution in [0.4, 0.5) is 5.69 Å². The molecule has 0 unspecified atom stereocenters. The quantitative estimate of drug-likeness (QED) is 0.518. The first-order chi connectivity index (χ1) is 13.3. The number of fused-ring (bicyclic) bond motifs is 2. The van der Waals surface area contributed by atoms with Gasteiger partial charge in [-0.05, 0) is 35.3 Å². The third-order valence-electron chi connectivity index (χ3n) is 4.82. The van der Waals surface area contributed by atoms with Crippen molar-refractivity contribution in [3.63, 3.8) is 0 Å². The van der Waals surface area contributed by atoms with E-state index in [0.29, 0.717) is 23.6 Å². The highest BCUT2D eigenvalue weighted by molar-refractivity contribution is 6.00. The third kappa shape index (κ3) is 2.81. The number of hydrogen-bond donors (Lipinski definition) is 3. The fourth-order valence-electron chi connectivity index (χ4n) is 3.52. The van der Waals surface area contributed by atoms with Crippen LogP contribution in [0.3, 0.4) is 0 Å². The van der Waals surface area contributed by atoms with Gasteiger partial charge in [-0.25, -0.2) is 4.98 Å². The SMILES string of the molecule is O=C(CC1=CCc2ccccc21)Nc1cn[nH]c1-c1nc2ccccc2[nH]1. The number of allylic oxidation sites excluding steroid dienone is 1. The maximum atomic E-state index is 12.6. The number of H-pyrrole nitrogens is 2. The molecule has 132 valence electrons. The molecule has 0 spiro atoms. The Labute approximate surface area is 155 Å². The van der Waals surface area contributed by atoms with E-state index in [1.807, 2.05) is 36.4 Å². The van der Waals surface area contributed by atoms with E-state index in [-0.39, 0.29) is 5.91 Å². The van der Waals surface area contributed by atoms with Crippen LogP contribution in [0.2, 0.25) is 0 Å². The van der Waals surface area contributed by atoms with Gasteiger partial charge in [0.2, 0.25) is 5.91 Å². The normalized spacial score (nSPS) is 12.8. The van der Waals surface area contributed by atoms with Gasteiger partial charge in [0.05, 0.1) is 29.3 Å². The van der Waals surface area contributed by atoms with Crippen LogP contribution in [0.1, 0.15) is 17.5 Å². The number of para-hydroxylation sites is 2. The summed E-state index contributed by atoms with van der Waals surface area (Å²) in [5, 5.41) is 9.96. The fourth-order valence-corrected chi connectivity index (χ4v) is 3.52. The molecule has 1 amide bonds. The predicted octanol–water partition coefficient (Wildman–Crippen LogP) is 3.92. The summed E-state index contributed by atoms with van der Waals surface area (Å²) < 4.78 is 0. The first kappa shape index (κ1) is 15.6. The number of nitrogens with zero attached hydrogens (tertiary/aromatic N) is 2. The average molecular weight is 355 g/mol. The number of carbonyl (C=O) groups is 1. The highest BCUT2D eigenvalue weighted by Crippen LogP contribution is 2.30. The van der Waals surface area contributed by atoms with Crippen molar-refractivity contribution in [1.82, 2.24) is 20.2 Å². The summed E-state index contributed by atoms with van der Waals surface area (Å²) >= 11 is 0. The highest BCUT2D eigenvalue weighted by atomic mass is 16.1. The van der Waals surface area contributed by atoms with E-state index in [9.17, 15) is 4.79 Å². The number of aromatic nitrogens is 4. The molecule has 0 bridgehead atoms. The molecule has 6 nitrogen and oxygen atoms in total. The molecule has 0 saturated heterocycles. The lowest BCUT2D eigenvalue weighted by molar-refractivity contribution is -0.115. The Morgan fingerprint density at radius 3 is 2.89 bits per heavy atom. The zero-order valence-corrected chi connectivity index (χ0v) is 14.5. The summed E-state index contributed by atoms with van der Waals surface area (Å²) in [6.45, 7) is 0. The van der Waals surface area contributed by atoms with E-state index < -0.39 is 0 Å². The Bertz CT molecular complexity index is 1150. The zero-order valence-electron chi connectivity index (χ0n) is 14.5. The molecular formula is C21H17N5O. The number of nitrogens with one attached hydrogen (secondary N) is 3. The first-order valence-electron chi connectivity index (χ1n) is 8.83. The standard InChI is InChI=1S/C21H17N5O/c27-19(11-14-10-9-13-5-1-2-6-15(13)14)23-18-12-22-26-20(18)21-24-16-7-3-4-8-17(16)25-21/h1-8,10,12H,9,11H2,(H,22,26)(H,23,27)(H,24,25). The number of amides is 1. The number of rotatable bonds is 4. The number of imidazole rings is 1. The van der Waals surface area contributed by atoms with Crippen molar-refractivity contribution in [2.24, 2.45) is 0 Å². The number of anilines is 1. The summed E-state index contributed by atoms with van der Waals surface area (Å²) in [4.78, 5) is 20.4. The predicted molar refractivity (Wildman–Crippen MR) is 105 cm³/mol. The van der Waals surface area contributed by atoms with Gasteiger partial charge >= 0.3 is 0 Å². The molecule has 0 atom stereocenters. The van der Waals surface area contributed by atoms with Gasteiger partial charge in [0, 0.05) is 0 Å². The average Bonchev–Trinajstić information content (AvgIpc) is 3.40. The van der Waals surface area contributed by atoms with Crippen molar-refractivity contribution in [2.45, 2.75) is 12.8 Å². The van der Waals surface area contributed by atoms with Gasteiger partial charge in [-0.15, -0.1) is 0 Å². The Morgan fingerprint density at radius 1 is 1.11 bits per heavy atom. The van der Waals surface area contributed by atoms with Crippen molar-refractivity contribution >= 4 is 28.2 Å². The second-order valence-corrected chi connectivity index (χ2v) is 6.58. The van der Waals surface area contributed by atoms with Crippen molar-refractivity contribution in [2.75, 3.05) is 5.32 Å². The molecule has 3 N–H and O–H groups in total. The van der Waals surface area contributed by atoms with Crippen LogP contribution in [-0.4, -0.2) is 26.1 Å². The van der Waals surface area contributed by atoms with Crippen LogP contribution >= 0.6 is 0 Å². The summed E-state index contributed by atoms with van der Waals surface area (Å²) in [5.41, 5.74) is 6.59. The van der Waals surface area contributed by atoms with Crippen LogP contribution in [0.5, 0.6) is 0 Å². The van der Waals surface area contributed by atoms with Gasteiger partial charge in [0.1, 0.15) is 5.69 Å². The number of hydrogen-bond acceptors (Lipinski definition) is 3. The topological polar surface area (TPSA) is 86.5 Å². The van der Waals surface area contributed by atoms with Gasteiger partial charge in [-0.3, -0.25) is 9.89 Å². The molecule has 0 radical (unpaired) electrons. The molecule has 5 rings (SSSR count). The molecule has 2 heterocycles. The van der Waals surface area contributed by atoms with Gasteiger partial charge < -0.3 is 10.3 Å². The number of carbonyl (C=O) groups excluding carboxylic acids is 1. The van der Waals surface area contributed by atoms with Crippen molar-refractivity contribution in [1.29, 1.82) is 0 Å². The van der Waals surface area contributed by atoms with Crippen LogP contribution in [-0.2, 0) is 11.2 Å². The maximum Gasteiger partial charge on any atom is 0.228 e. The minimum atomic E-state index is -0.0725. The Balaban J connectivity index is 1.36. The molecule has 0 fully saturated rings. The van der Waals surface area contributed by atoms with E-state index in [1.165, 1.54) is 5.56 Å². The minimum Gasteiger partial charge on any atom is -0.337 e.